The fourth-order valence-electron chi connectivity index (χ4n) is 1.45. The van der Waals surface area contributed by atoms with Crippen molar-refractivity contribution in [3.8, 4) is 0 Å². The lowest BCUT2D eigenvalue weighted by atomic mass is 10.0. The molecule has 1 unspecified atom stereocenters. The molecule has 0 spiro atoms. The highest BCUT2D eigenvalue weighted by atomic mass is 16.6. The zero-order valence-electron chi connectivity index (χ0n) is 12.6. The van der Waals surface area contributed by atoms with Crippen molar-refractivity contribution in [3.05, 3.63) is 0 Å². The van der Waals surface area contributed by atoms with Gasteiger partial charge >= 0.3 is 17.9 Å². The van der Waals surface area contributed by atoms with Gasteiger partial charge in [-0.2, -0.15) is 0 Å². The van der Waals surface area contributed by atoms with Crippen LogP contribution in [0.2, 0.25) is 0 Å². The number of rotatable bonds is 9. The lowest BCUT2D eigenvalue weighted by Gasteiger charge is -2.15. The van der Waals surface area contributed by atoms with Gasteiger partial charge in [0.1, 0.15) is 0 Å². The van der Waals surface area contributed by atoms with Gasteiger partial charge in [0.15, 0.2) is 5.92 Å². The highest BCUT2D eigenvalue weighted by Crippen LogP contribution is 2.13. The third-order valence-corrected chi connectivity index (χ3v) is 2.69. The van der Waals surface area contributed by atoms with Gasteiger partial charge in [-0.25, -0.2) is 0 Å². The standard InChI is InChI=1S/C14H24O6/c1-5-10(4)20-12(15)9-8-11(13(16)18-6-2)14(17)19-7-3/h10-11H,5-9H2,1-4H3. The van der Waals surface area contributed by atoms with Crippen LogP contribution in [-0.2, 0) is 28.6 Å². The number of ether oxygens (including phenoxy) is 3. The predicted molar refractivity (Wildman–Crippen MR) is 71.8 cm³/mol. The molecular weight excluding hydrogens is 264 g/mol. The molecule has 0 heterocycles. The van der Waals surface area contributed by atoms with Crippen LogP contribution < -0.4 is 0 Å². The second-order valence-electron chi connectivity index (χ2n) is 4.30. The van der Waals surface area contributed by atoms with Gasteiger partial charge in [-0.15, -0.1) is 0 Å². The van der Waals surface area contributed by atoms with Crippen LogP contribution in [0.15, 0.2) is 0 Å². The summed E-state index contributed by atoms with van der Waals surface area (Å²) in [6.45, 7) is 7.33. The summed E-state index contributed by atoms with van der Waals surface area (Å²) in [6, 6.07) is 0. The fourth-order valence-corrected chi connectivity index (χ4v) is 1.45. The first-order chi connectivity index (χ1) is 9.46. The second kappa shape index (κ2) is 10.2. The van der Waals surface area contributed by atoms with E-state index in [1.165, 1.54) is 0 Å². The Morgan fingerprint density at radius 3 is 1.85 bits per heavy atom. The molecule has 0 N–H and O–H groups in total. The number of esters is 3. The normalized spacial score (nSPS) is 11.8. The van der Waals surface area contributed by atoms with Gasteiger partial charge in [0.25, 0.3) is 0 Å². The Morgan fingerprint density at radius 2 is 1.45 bits per heavy atom. The van der Waals surface area contributed by atoms with Crippen molar-refractivity contribution in [2.75, 3.05) is 13.2 Å². The molecule has 0 aromatic carbocycles. The van der Waals surface area contributed by atoms with E-state index < -0.39 is 23.8 Å². The molecule has 116 valence electrons. The molecular formula is C14H24O6. The van der Waals surface area contributed by atoms with Crippen molar-refractivity contribution in [3.63, 3.8) is 0 Å². The number of hydrogen-bond acceptors (Lipinski definition) is 6. The Kier molecular flexibility index (Phi) is 9.41. The highest BCUT2D eigenvalue weighted by Gasteiger charge is 2.30. The SMILES string of the molecule is CCOC(=O)C(CCC(=O)OC(C)CC)C(=O)OCC. The predicted octanol–water partition coefficient (Wildman–Crippen LogP) is 1.85. The van der Waals surface area contributed by atoms with Crippen LogP contribution in [-0.4, -0.2) is 37.2 Å². The maximum absolute atomic E-state index is 11.7. The minimum atomic E-state index is -1.07. The largest absolute Gasteiger partial charge is 0.465 e. The average molecular weight is 288 g/mol. The van der Waals surface area contributed by atoms with Crippen molar-refractivity contribution >= 4 is 17.9 Å². The Hall–Kier alpha value is -1.59. The first-order valence-electron chi connectivity index (χ1n) is 6.98. The van der Waals surface area contributed by atoms with Crippen LogP contribution in [0.1, 0.15) is 47.0 Å². The van der Waals surface area contributed by atoms with Crippen molar-refractivity contribution in [2.45, 2.75) is 53.1 Å². The number of carbonyl (C=O) groups excluding carboxylic acids is 3. The van der Waals surface area contributed by atoms with Crippen LogP contribution >= 0.6 is 0 Å². The molecule has 0 aliphatic rings. The van der Waals surface area contributed by atoms with Gasteiger partial charge in [-0.1, -0.05) is 6.92 Å². The molecule has 0 rings (SSSR count). The van der Waals surface area contributed by atoms with Gasteiger partial charge in [-0.3, -0.25) is 14.4 Å². The van der Waals surface area contributed by atoms with Gasteiger partial charge < -0.3 is 14.2 Å². The monoisotopic (exact) mass is 288 g/mol. The van der Waals surface area contributed by atoms with Gasteiger partial charge in [0.2, 0.25) is 0 Å². The van der Waals surface area contributed by atoms with Crippen molar-refractivity contribution < 1.29 is 28.6 Å². The van der Waals surface area contributed by atoms with Crippen LogP contribution in [0.4, 0.5) is 0 Å². The first kappa shape index (κ1) is 18.4. The molecule has 0 aliphatic carbocycles. The molecule has 6 heteroatoms. The van der Waals surface area contributed by atoms with Crippen molar-refractivity contribution in [2.24, 2.45) is 5.92 Å². The molecule has 20 heavy (non-hydrogen) atoms. The Morgan fingerprint density at radius 1 is 0.950 bits per heavy atom. The Labute approximate surface area is 119 Å². The lowest BCUT2D eigenvalue weighted by Crippen LogP contribution is -2.29. The van der Waals surface area contributed by atoms with E-state index >= 15 is 0 Å². The third-order valence-electron chi connectivity index (χ3n) is 2.69. The second-order valence-corrected chi connectivity index (χ2v) is 4.30. The molecule has 1 atom stereocenters. The minimum absolute atomic E-state index is 0.0212. The third kappa shape index (κ3) is 7.11. The summed E-state index contributed by atoms with van der Waals surface area (Å²) in [4.78, 5) is 34.9. The molecule has 0 aliphatic heterocycles. The number of hydrogen-bond donors (Lipinski definition) is 0. The molecule has 6 nitrogen and oxygen atoms in total. The van der Waals surface area contributed by atoms with Gasteiger partial charge in [0, 0.05) is 6.42 Å². The summed E-state index contributed by atoms with van der Waals surface area (Å²) >= 11 is 0. The summed E-state index contributed by atoms with van der Waals surface area (Å²) in [6.07, 6.45) is 0.552. The maximum atomic E-state index is 11.7. The van der Waals surface area contributed by atoms with Crippen molar-refractivity contribution in [1.29, 1.82) is 0 Å². The van der Waals surface area contributed by atoms with Crippen LogP contribution in [0.3, 0.4) is 0 Å². The fraction of sp³-hybridized carbons (Fsp3) is 0.786. The quantitative estimate of drug-likeness (QED) is 0.366. The Balaban J connectivity index is 4.46. The molecule has 0 saturated heterocycles. The molecule has 0 amide bonds. The molecule has 0 aromatic rings. The average Bonchev–Trinajstić information content (AvgIpc) is 2.39. The van der Waals surface area contributed by atoms with E-state index in [0.717, 1.165) is 0 Å². The van der Waals surface area contributed by atoms with Gasteiger partial charge in [-0.05, 0) is 33.6 Å². The summed E-state index contributed by atoms with van der Waals surface area (Å²) in [5.41, 5.74) is 0. The lowest BCUT2D eigenvalue weighted by molar-refractivity contribution is -0.162. The molecule has 0 radical (unpaired) electrons. The topological polar surface area (TPSA) is 78.9 Å². The molecule has 0 fully saturated rings. The first-order valence-corrected chi connectivity index (χ1v) is 6.98. The van der Waals surface area contributed by atoms with E-state index in [4.69, 9.17) is 14.2 Å². The Bertz CT molecular complexity index is 308. The summed E-state index contributed by atoms with van der Waals surface area (Å²) in [5.74, 6) is -2.83. The zero-order chi connectivity index (χ0) is 15.5. The van der Waals surface area contributed by atoms with Crippen LogP contribution in [0.5, 0.6) is 0 Å². The summed E-state index contributed by atoms with van der Waals surface area (Å²) in [7, 11) is 0. The summed E-state index contributed by atoms with van der Waals surface area (Å²) in [5, 5.41) is 0. The molecule has 0 saturated carbocycles. The van der Waals surface area contributed by atoms with E-state index in [1.807, 2.05) is 6.92 Å². The highest BCUT2D eigenvalue weighted by molar-refractivity contribution is 5.95. The van der Waals surface area contributed by atoms with Gasteiger partial charge in [0.05, 0.1) is 19.3 Å². The van der Waals surface area contributed by atoms with E-state index in [2.05, 4.69) is 0 Å². The summed E-state index contributed by atoms with van der Waals surface area (Å²) < 4.78 is 14.7. The maximum Gasteiger partial charge on any atom is 0.320 e. The van der Waals surface area contributed by atoms with Crippen LogP contribution in [0, 0.1) is 5.92 Å². The van der Waals surface area contributed by atoms with E-state index in [1.54, 1.807) is 20.8 Å². The van der Waals surface area contributed by atoms with Crippen LogP contribution in [0.25, 0.3) is 0 Å². The molecule has 0 bridgehead atoms. The molecule has 0 aromatic heterocycles. The zero-order valence-corrected chi connectivity index (χ0v) is 12.6. The number of carbonyl (C=O) groups is 3. The van der Waals surface area contributed by atoms with E-state index in [-0.39, 0.29) is 32.2 Å². The van der Waals surface area contributed by atoms with E-state index in [9.17, 15) is 14.4 Å². The van der Waals surface area contributed by atoms with Crippen molar-refractivity contribution in [1.82, 2.24) is 0 Å². The smallest absolute Gasteiger partial charge is 0.320 e. The minimum Gasteiger partial charge on any atom is -0.465 e. The van der Waals surface area contributed by atoms with E-state index in [0.29, 0.717) is 6.42 Å².